The fourth-order valence-electron chi connectivity index (χ4n) is 2.24. The molecule has 0 radical (unpaired) electrons. The van der Waals surface area contributed by atoms with Crippen molar-refractivity contribution in [1.82, 2.24) is 14.0 Å². The van der Waals surface area contributed by atoms with Gasteiger partial charge in [0.25, 0.3) is 5.56 Å². The predicted octanol–water partition coefficient (Wildman–Crippen LogP) is -0.655. The molecule has 0 spiro atoms. The summed E-state index contributed by atoms with van der Waals surface area (Å²) in [7, 11) is 2.97. The van der Waals surface area contributed by atoms with E-state index < -0.39 is 11.2 Å². The minimum absolute atomic E-state index is 0.0153. The van der Waals surface area contributed by atoms with E-state index in [0.29, 0.717) is 25.3 Å². The molecule has 7 heteroatoms. The van der Waals surface area contributed by atoms with E-state index in [4.69, 9.17) is 4.74 Å². The first-order valence-electron chi connectivity index (χ1n) is 6.75. The lowest BCUT2D eigenvalue weighted by molar-refractivity contribution is -0.132. The summed E-state index contributed by atoms with van der Waals surface area (Å²) in [6.07, 6.45) is 4.25. The van der Waals surface area contributed by atoms with Crippen LogP contribution >= 0.6 is 0 Å². The number of carbonyl (C=O) groups is 1. The van der Waals surface area contributed by atoms with Crippen molar-refractivity contribution in [3.05, 3.63) is 38.7 Å². The van der Waals surface area contributed by atoms with Crippen molar-refractivity contribution in [2.45, 2.75) is 13.0 Å². The molecule has 7 nitrogen and oxygen atoms in total. The number of ether oxygens (including phenoxy) is 1. The summed E-state index contributed by atoms with van der Waals surface area (Å²) in [4.78, 5) is 37.3. The summed E-state index contributed by atoms with van der Waals surface area (Å²) >= 11 is 0. The van der Waals surface area contributed by atoms with Gasteiger partial charge in [0.1, 0.15) is 0 Å². The zero-order valence-electron chi connectivity index (χ0n) is 12.4. The minimum atomic E-state index is -0.419. The Balaban J connectivity index is 2.20. The normalized spacial score (nSPS) is 19.2. The molecule has 2 heterocycles. The fourth-order valence-corrected chi connectivity index (χ4v) is 2.24. The van der Waals surface area contributed by atoms with E-state index in [9.17, 15) is 14.4 Å². The Morgan fingerprint density at radius 2 is 2.10 bits per heavy atom. The van der Waals surface area contributed by atoms with E-state index in [2.05, 4.69) is 0 Å². The number of aromatic nitrogens is 2. The molecule has 0 N–H and O–H groups in total. The van der Waals surface area contributed by atoms with Crippen LogP contribution in [-0.2, 0) is 23.6 Å². The quantitative estimate of drug-likeness (QED) is 0.679. The molecule has 114 valence electrons. The Bertz CT molecular complexity index is 686. The van der Waals surface area contributed by atoms with Crippen molar-refractivity contribution in [3.8, 4) is 0 Å². The van der Waals surface area contributed by atoms with E-state index in [-0.39, 0.29) is 12.0 Å². The molecule has 1 aliphatic heterocycles. The van der Waals surface area contributed by atoms with E-state index in [1.165, 1.54) is 30.0 Å². The summed E-state index contributed by atoms with van der Waals surface area (Å²) in [6.45, 7) is 3.50. The molecule has 0 aromatic carbocycles. The molecule has 1 fully saturated rings. The van der Waals surface area contributed by atoms with Gasteiger partial charge in [-0.1, -0.05) is 0 Å². The van der Waals surface area contributed by atoms with Crippen LogP contribution in [0.2, 0.25) is 0 Å². The van der Waals surface area contributed by atoms with Gasteiger partial charge in [-0.2, -0.15) is 0 Å². The van der Waals surface area contributed by atoms with Crippen molar-refractivity contribution in [2.75, 3.05) is 19.7 Å². The van der Waals surface area contributed by atoms with E-state index in [1.807, 2.05) is 6.92 Å². The first-order valence-corrected chi connectivity index (χ1v) is 6.75. The fraction of sp³-hybridized carbons (Fsp3) is 0.500. The Morgan fingerprint density at radius 3 is 2.76 bits per heavy atom. The van der Waals surface area contributed by atoms with Crippen LogP contribution < -0.4 is 11.2 Å². The van der Waals surface area contributed by atoms with Crippen molar-refractivity contribution in [2.24, 2.45) is 14.1 Å². The van der Waals surface area contributed by atoms with Crippen molar-refractivity contribution >= 4 is 12.0 Å². The molecule has 1 aromatic heterocycles. The molecule has 1 aliphatic rings. The monoisotopic (exact) mass is 293 g/mol. The van der Waals surface area contributed by atoms with Gasteiger partial charge in [0.15, 0.2) is 0 Å². The highest BCUT2D eigenvalue weighted by atomic mass is 16.5. The number of amides is 1. The zero-order valence-corrected chi connectivity index (χ0v) is 12.4. The zero-order chi connectivity index (χ0) is 15.6. The summed E-state index contributed by atoms with van der Waals surface area (Å²) in [6, 6.07) is 0. The second-order valence-corrected chi connectivity index (χ2v) is 5.14. The Hall–Kier alpha value is -2.15. The number of rotatable bonds is 2. The molecule has 1 unspecified atom stereocenters. The van der Waals surface area contributed by atoms with Gasteiger partial charge in [-0.15, -0.1) is 0 Å². The minimum Gasteiger partial charge on any atom is -0.375 e. The van der Waals surface area contributed by atoms with Crippen LogP contribution in [0.5, 0.6) is 0 Å². The van der Waals surface area contributed by atoms with Gasteiger partial charge in [-0.05, 0) is 13.0 Å². The molecule has 2 rings (SSSR count). The molecule has 0 bridgehead atoms. The highest BCUT2D eigenvalue weighted by molar-refractivity contribution is 5.91. The predicted molar refractivity (Wildman–Crippen MR) is 78.0 cm³/mol. The number of nitrogens with zero attached hydrogens (tertiary/aromatic N) is 3. The summed E-state index contributed by atoms with van der Waals surface area (Å²) < 4.78 is 7.70. The maximum atomic E-state index is 12.1. The van der Waals surface area contributed by atoms with E-state index in [1.54, 1.807) is 11.9 Å². The average Bonchev–Trinajstić information content (AvgIpc) is 2.47. The molecular weight excluding hydrogens is 274 g/mol. The van der Waals surface area contributed by atoms with Crippen molar-refractivity contribution in [3.63, 3.8) is 0 Å². The van der Waals surface area contributed by atoms with Gasteiger partial charge in [-0.25, -0.2) is 4.79 Å². The van der Waals surface area contributed by atoms with Gasteiger partial charge in [-0.3, -0.25) is 14.2 Å². The molecular formula is C14H19N3O4. The molecule has 1 amide bonds. The molecule has 0 aliphatic carbocycles. The average molecular weight is 293 g/mol. The Morgan fingerprint density at radius 1 is 1.38 bits per heavy atom. The van der Waals surface area contributed by atoms with E-state index in [0.717, 1.165) is 4.57 Å². The third-order valence-corrected chi connectivity index (χ3v) is 3.43. The van der Waals surface area contributed by atoms with Crippen LogP contribution in [0.15, 0.2) is 21.9 Å². The maximum Gasteiger partial charge on any atom is 0.330 e. The highest BCUT2D eigenvalue weighted by Gasteiger charge is 2.19. The second kappa shape index (κ2) is 6.09. The largest absolute Gasteiger partial charge is 0.375 e. The van der Waals surface area contributed by atoms with Crippen LogP contribution in [-0.4, -0.2) is 45.7 Å². The van der Waals surface area contributed by atoms with Crippen LogP contribution in [0.3, 0.4) is 0 Å². The Labute approximate surface area is 122 Å². The molecule has 1 aromatic rings. The van der Waals surface area contributed by atoms with Crippen LogP contribution in [0.4, 0.5) is 0 Å². The summed E-state index contributed by atoms with van der Waals surface area (Å²) in [5.41, 5.74) is -0.516. The van der Waals surface area contributed by atoms with Crippen LogP contribution in [0, 0.1) is 0 Å². The lowest BCUT2D eigenvalue weighted by Gasteiger charge is -2.30. The number of aryl methyl sites for hydroxylation is 1. The van der Waals surface area contributed by atoms with Crippen LogP contribution in [0.25, 0.3) is 6.08 Å². The topological polar surface area (TPSA) is 73.5 Å². The van der Waals surface area contributed by atoms with Gasteiger partial charge >= 0.3 is 5.69 Å². The molecule has 0 saturated carbocycles. The van der Waals surface area contributed by atoms with Crippen molar-refractivity contribution < 1.29 is 9.53 Å². The molecule has 1 saturated heterocycles. The SMILES string of the molecule is CC1CN(C(=O)C=Cc2cn(C)c(=O)n(C)c2=O)CCO1. The van der Waals surface area contributed by atoms with Gasteiger partial charge in [0.2, 0.25) is 5.91 Å². The van der Waals surface area contributed by atoms with Crippen molar-refractivity contribution in [1.29, 1.82) is 0 Å². The summed E-state index contributed by atoms with van der Waals surface area (Å²) in [5.74, 6) is -0.166. The maximum absolute atomic E-state index is 12.1. The lowest BCUT2D eigenvalue weighted by Crippen LogP contribution is -2.43. The van der Waals surface area contributed by atoms with Gasteiger partial charge < -0.3 is 14.2 Å². The molecule has 21 heavy (non-hydrogen) atoms. The summed E-state index contributed by atoms with van der Waals surface area (Å²) in [5, 5.41) is 0. The number of carbonyl (C=O) groups excluding carboxylic acids is 1. The first kappa shape index (κ1) is 15.2. The number of hydrogen-bond acceptors (Lipinski definition) is 4. The smallest absolute Gasteiger partial charge is 0.330 e. The second-order valence-electron chi connectivity index (χ2n) is 5.14. The first-order chi connectivity index (χ1) is 9.90. The highest BCUT2D eigenvalue weighted by Crippen LogP contribution is 2.05. The lowest BCUT2D eigenvalue weighted by atomic mass is 10.2. The molecule has 1 atom stereocenters. The van der Waals surface area contributed by atoms with Crippen LogP contribution in [0.1, 0.15) is 12.5 Å². The van der Waals surface area contributed by atoms with Gasteiger partial charge in [0, 0.05) is 39.5 Å². The third kappa shape index (κ3) is 3.30. The van der Waals surface area contributed by atoms with Gasteiger partial charge in [0.05, 0.1) is 18.3 Å². The van der Waals surface area contributed by atoms with E-state index >= 15 is 0 Å². The number of morpholine rings is 1. The Kier molecular flexibility index (Phi) is 4.42. The number of hydrogen-bond donors (Lipinski definition) is 0. The standard InChI is InChI=1S/C14H19N3O4/c1-10-8-17(6-7-21-10)12(18)5-4-11-9-15(2)14(20)16(3)13(11)19/h4-5,9-10H,6-8H2,1-3H3. The third-order valence-electron chi connectivity index (χ3n) is 3.43.